The number of methoxy groups -OCH3 is 2. The van der Waals surface area contributed by atoms with E-state index in [0.29, 0.717) is 6.42 Å². The summed E-state index contributed by atoms with van der Waals surface area (Å²) in [6.45, 7) is 3.58. The molecule has 0 unspecified atom stereocenters. The molecule has 0 spiro atoms. The van der Waals surface area contributed by atoms with Gasteiger partial charge in [0.2, 0.25) is 0 Å². The average molecular weight is 342 g/mol. The van der Waals surface area contributed by atoms with Crippen LogP contribution in [0.25, 0.3) is 0 Å². The largest absolute Gasteiger partial charge is 0.448 e. The number of nitrogens with zero attached hydrogens (tertiary/aromatic N) is 2. The third-order valence-electron chi connectivity index (χ3n) is 5.02. The molecule has 1 saturated heterocycles. The number of hydrogen-bond donors (Lipinski definition) is 0. The van der Waals surface area contributed by atoms with Crippen LogP contribution in [0.15, 0.2) is 0 Å². The highest BCUT2D eigenvalue weighted by molar-refractivity contribution is 5.89. The Balaban J connectivity index is 2.07. The second kappa shape index (κ2) is 5.89. The van der Waals surface area contributed by atoms with Crippen molar-refractivity contribution >= 4 is 18.0 Å². The van der Waals surface area contributed by atoms with E-state index in [4.69, 9.17) is 18.9 Å². The van der Waals surface area contributed by atoms with Gasteiger partial charge in [0.15, 0.2) is 0 Å². The van der Waals surface area contributed by atoms with Crippen LogP contribution in [0.3, 0.4) is 0 Å². The van der Waals surface area contributed by atoms with E-state index in [9.17, 15) is 14.4 Å². The highest BCUT2D eigenvalue weighted by Gasteiger charge is 2.78. The van der Waals surface area contributed by atoms with E-state index in [0.717, 1.165) is 5.01 Å². The molecular formula is C15H22N2O7. The quantitative estimate of drug-likeness (QED) is 0.703. The molecule has 1 heterocycles. The minimum absolute atomic E-state index is 0.0176. The Labute approximate surface area is 139 Å². The topological polar surface area (TPSA) is 94.6 Å². The smallest absolute Gasteiger partial charge is 0.433 e. The van der Waals surface area contributed by atoms with Crippen molar-refractivity contribution in [2.45, 2.75) is 32.2 Å². The molecule has 2 saturated carbocycles. The third kappa shape index (κ3) is 2.04. The van der Waals surface area contributed by atoms with E-state index in [1.54, 1.807) is 13.8 Å². The van der Waals surface area contributed by atoms with E-state index in [2.05, 4.69) is 0 Å². The lowest BCUT2D eigenvalue weighted by atomic mass is 9.93. The minimum atomic E-state index is -1.72. The lowest BCUT2D eigenvalue weighted by Crippen LogP contribution is -2.72. The summed E-state index contributed by atoms with van der Waals surface area (Å²) in [5, 5.41) is 2.17. The Hall–Kier alpha value is -1.87. The summed E-state index contributed by atoms with van der Waals surface area (Å²) in [4.78, 5) is 37.5. The lowest BCUT2D eigenvalue weighted by Gasteiger charge is -2.51. The van der Waals surface area contributed by atoms with Crippen LogP contribution in [-0.2, 0) is 23.7 Å². The molecule has 3 rings (SSSR count). The van der Waals surface area contributed by atoms with Crippen LogP contribution in [0.2, 0.25) is 0 Å². The van der Waals surface area contributed by atoms with Gasteiger partial charge in [-0.25, -0.2) is 14.6 Å². The first-order valence-corrected chi connectivity index (χ1v) is 8.04. The van der Waals surface area contributed by atoms with Crippen molar-refractivity contribution in [3.05, 3.63) is 0 Å². The number of carbonyl (C=O) groups excluding carboxylic acids is 3. The van der Waals surface area contributed by atoms with Crippen molar-refractivity contribution in [1.29, 1.82) is 0 Å². The van der Waals surface area contributed by atoms with Gasteiger partial charge in [0.1, 0.15) is 5.78 Å². The van der Waals surface area contributed by atoms with Gasteiger partial charge in [0.05, 0.1) is 25.2 Å². The number of ether oxygens (including phenoxy) is 4. The molecule has 1 aliphatic heterocycles. The van der Waals surface area contributed by atoms with E-state index >= 15 is 0 Å². The third-order valence-corrected chi connectivity index (χ3v) is 5.02. The standard InChI is InChI=1S/C15H22N2O7/c1-5-23-13(19)16-12-8-7-9(18)11(10(8)12)15(21-3,22-4)17(16)14(20)24-6-2/h8,10-12H,5-7H2,1-4H3/t8-,10-,11+,12-/m0/s1. The van der Waals surface area contributed by atoms with E-state index in [1.165, 1.54) is 19.2 Å². The molecule has 0 N–H and O–H groups in total. The Morgan fingerprint density at radius 1 is 1.12 bits per heavy atom. The van der Waals surface area contributed by atoms with Crippen molar-refractivity contribution in [2.24, 2.45) is 17.8 Å². The summed E-state index contributed by atoms with van der Waals surface area (Å²) in [7, 11) is 2.67. The van der Waals surface area contributed by atoms with E-state index in [-0.39, 0.29) is 36.9 Å². The number of ketones is 1. The molecule has 0 bridgehead atoms. The Kier molecular flexibility index (Phi) is 4.16. The molecule has 2 aliphatic carbocycles. The van der Waals surface area contributed by atoms with Crippen molar-refractivity contribution in [3.63, 3.8) is 0 Å². The van der Waals surface area contributed by atoms with Gasteiger partial charge in [-0.05, 0) is 19.8 Å². The minimum Gasteiger partial charge on any atom is -0.448 e. The van der Waals surface area contributed by atoms with Gasteiger partial charge in [0, 0.05) is 26.6 Å². The predicted octanol–water partition coefficient (Wildman–Crippen LogP) is 0.982. The predicted molar refractivity (Wildman–Crippen MR) is 78.4 cm³/mol. The maximum Gasteiger partial charge on any atom is 0.433 e. The molecule has 4 atom stereocenters. The fourth-order valence-corrected chi connectivity index (χ4v) is 4.17. The zero-order valence-electron chi connectivity index (χ0n) is 14.2. The van der Waals surface area contributed by atoms with Gasteiger partial charge >= 0.3 is 12.2 Å². The van der Waals surface area contributed by atoms with E-state index in [1.807, 2.05) is 0 Å². The fraction of sp³-hybridized carbons (Fsp3) is 0.800. The summed E-state index contributed by atoms with van der Waals surface area (Å²) in [5.74, 6) is -2.54. The zero-order chi connectivity index (χ0) is 17.6. The number of fused-ring (bicyclic) bond motifs is 1. The molecule has 24 heavy (non-hydrogen) atoms. The monoisotopic (exact) mass is 342 g/mol. The first-order valence-electron chi connectivity index (χ1n) is 8.04. The second-order valence-electron chi connectivity index (χ2n) is 5.97. The molecule has 0 aromatic carbocycles. The van der Waals surface area contributed by atoms with Crippen LogP contribution in [0.5, 0.6) is 0 Å². The molecule has 0 radical (unpaired) electrons. The highest BCUT2D eigenvalue weighted by atomic mass is 16.7. The van der Waals surface area contributed by atoms with Crippen LogP contribution < -0.4 is 0 Å². The Morgan fingerprint density at radius 2 is 1.71 bits per heavy atom. The lowest BCUT2D eigenvalue weighted by molar-refractivity contribution is -0.359. The van der Waals surface area contributed by atoms with Crippen molar-refractivity contribution in [3.8, 4) is 0 Å². The number of amides is 2. The Bertz CT molecular complexity index is 562. The maximum absolute atomic E-state index is 12.6. The first-order chi connectivity index (χ1) is 11.5. The highest BCUT2D eigenvalue weighted by Crippen LogP contribution is 2.64. The second-order valence-corrected chi connectivity index (χ2v) is 5.97. The average Bonchev–Trinajstić information content (AvgIpc) is 3.12. The maximum atomic E-state index is 12.6. The van der Waals surface area contributed by atoms with Crippen LogP contribution >= 0.6 is 0 Å². The number of carbonyl (C=O) groups is 3. The summed E-state index contributed by atoms with van der Waals surface area (Å²) in [6.07, 6.45) is -1.17. The van der Waals surface area contributed by atoms with Crippen molar-refractivity contribution in [1.82, 2.24) is 10.0 Å². The van der Waals surface area contributed by atoms with Crippen molar-refractivity contribution < 1.29 is 33.3 Å². The number of Topliss-reactive ketones (excluding diaryl/α,β-unsaturated/α-hetero) is 1. The van der Waals surface area contributed by atoms with Gasteiger partial charge in [-0.1, -0.05) is 0 Å². The Morgan fingerprint density at radius 3 is 2.25 bits per heavy atom. The fourth-order valence-electron chi connectivity index (χ4n) is 4.17. The molecule has 3 aliphatic rings. The first kappa shape index (κ1) is 17.0. The number of hydrogen-bond acceptors (Lipinski definition) is 7. The van der Waals surface area contributed by atoms with Crippen molar-refractivity contribution in [2.75, 3.05) is 27.4 Å². The normalized spacial score (nSPS) is 32.4. The molecule has 9 nitrogen and oxygen atoms in total. The SMILES string of the molecule is CCOC(=O)N1[C@H]2[C@H]3CC(=O)[C@H]([C@H]32)C(OC)(OC)N1C(=O)OCC. The summed E-state index contributed by atoms with van der Waals surface area (Å²) in [6, 6.07) is -0.283. The zero-order valence-corrected chi connectivity index (χ0v) is 14.2. The summed E-state index contributed by atoms with van der Waals surface area (Å²) >= 11 is 0. The van der Waals surface area contributed by atoms with Gasteiger partial charge in [-0.2, -0.15) is 5.01 Å². The summed E-state index contributed by atoms with van der Waals surface area (Å²) < 4.78 is 21.2. The van der Waals surface area contributed by atoms with Crippen LogP contribution in [0, 0.1) is 17.8 Å². The van der Waals surface area contributed by atoms with Crippen LogP contribution in [0.1, 0.15) is 20.3 Å². The molecule has 3 fully saturated rings. The number of rotatable bonds is 4. The molecule has 2 amide bonds. The van der Waals surface area contributed by atoms with Gasteiger partial charge in [-0.15, -0.1) is 0 Å². The van der Waals surface area contributed by atoms with E-state index < -0.39 is 24.0 Å². The van der Waals surface area contributed by atoms with Crippen LogP contribution in [-0.4, -0.2) is 67.4 Å². The van der Waals surface area contributed by atoms with Crippen LogP contribution in [0.4, 0.5) is 9.59 Å². The number of hydrazine groups is 1. The van der Waals surface area contributed by atoms with Gasteiger partial charge < -0.3 is 18.9 Å². The molecule has 9 heteroatoms. The molecule has 0 aromatic heterocycles. The molecular weight excluding hydrogens is 320 g/mol. The molecule has 0 aromatic rings. The summed E-state index contributed by atoms with van der Waals surface area (Å²) in [5.41, 5.74) is 0. The van der Waals surface area contributed by atoms with Gasteiger partial charge in [-0.3, -0.25) is 4.79 Å². The molecule has 134 valence electrons. The van der Waals surface area contributed by atoms with Gasteiger partial charge in [0.25, 0.3) is 5.91 Å².